The molecule has 0 spiro atoms. The minimum absolute atomic E-state index is 0.127. The summed E-state index contributed by atoms with van der Waals surface area (Å²) in [6.07, 6.45) is -2.16. The largest absolute Gasteiger partial charge is 0.435 e. The van der Waals surface area contributed by atoms with Crippen LogP contribution in [-0.2, 0) is 6.18 Å². The van der Waals surface area contributed by atoms with E-state index in [2.05, 4.69) is 9.97 Å². The summed E-state index contributed by atoms with van der Waals surface area (Å²) in [5, 5.41) is 0. The van der Waals surface area contributed by atoms with Gasteiger partial charge in [0.25, 0.3) is 0 Å². The maximum Gasteiger partial charge on any atom is 0.435 e. The van der Waals surface area contributed by atoms with Gasteiger partial charge in [0.15, 0.2) is 5.69 Å². The summed E-state index contributed by atoms with van der Waals surface area (Å²) in [5.41, 5.74) is -0.930. The van der Waals surface area contributed by atoms with Gasteiger partial charge in [-0.05, 0) is 22.6 Å². The molecule has 0 N–H and O–H groups in total. The molecule has 0 aliphatic rings. The van der Waals surface area contributed by atoms with Crippen LogP contribution in [0, 0.1) is 3.70 Å². The summed E-state index contributed by atoms with van der Waals surface area (Å²) in [5.74, 6) is 0. The SMILES string of the molecule is FC(F)(F)c1nccnc1I. The van der Waals surface area contributed by atoms with Crippen molar-refractivity contribution in [3.8, 4) is 0 Å². The molecular weight excluding hydrogens is 272 g/mol. The Labute approximate surface area is 74.0 Å². The van der Waals surface area contributed by atoms with Gasteiger partial charge in [-0.3, -0.25) is 0 Å². The predicted molar refractivity (Wildman–Crippen MR) is 39.8 cm³/mol. The Bertz CT molecular complexity index is 260. The Balaban J connectivity index is 3.14. The highest BCUT2D eigenvalue weighted by Crippen LogP contribution is 2.29. The van der Waals surface area contributed by atoms with Crippen molar-refractivity contribution in [2.45, 2.75) is 6.18 Å². The third-order valence-corrected chi connectivity index (χ3v) is 1.71. The topological polar surface area (TPSA) is 25.8 Å². The summed E-state index contributed by atoms with van der Waals surface area (Å²) in [6, 6.07) is 0. The van der Waals surface area contributed by atoms with E-state index in [-0.39, 0.29) is 3.70 Å². The number of rotatable bonds is 0. The van der Waals surface area contributed by atoms with Crippen LogP contribution < -0.4 is 0 Å². The van der Waals surface area contributed by atoms with Gasteiger partial charge >= 0.3 is 6.18 Å². The van der Waals surface area contributed by atoms with Crippen LogP contribution in [0.25, 0.3) is 0 Å². The molecule has 0 fully saturated rings. The van der Waals surface area contributed by atoms with E-state index < -0.39 is 11.9 Å². The summed E-state index contributed by atoms with van der Waals surface area (Å²) in [7, 11) is 0. The first-order chi connectivity index (χ1) is 5.02. The van der Waals surface area contributed by atoms with Gasteiger partial charge in [-0.15, -0.1) is 0 Å². The maximum atomic E-state index is 11.9. The molecule has 0 atom stereocenters. The Morgan fingerprint density at radius 2 is 1.73 bits per heavy atom. The lowest BCUT2D eigenvalue weighted by Gasteiger charge is -2.04. The van der Waals surface area contributed by atoms with Gasteiger partial charge in [-0.2, -0.15) is 13.2 Å². The van der Waals surface area contributed by atoms with Crippen molar-refractivity contribution in [1.29, 1.82) is 0 Å². The molecule has 0 saturated carbocycles. The third-order valence-electron chi connectivity index (χ3n) is 0.922. The number of nitrogens with zero attached hydrogens (tertiary/aromatic N) is 2. The number of hydrogen-bond acceptors (Lipinski definition) is 2. The molecule has 6 heteroatoms. The standard InChI is InChI=1S/C5H2F3IN2/c6-5(7,8)3-4(9)11-2-1-10-3/h1-2H. The van der Waals surface area contributed by atoms with Crippen molar-refractivity contribution in [2.75, 3.05) is 0 Å². The molecule has 1 rings (SSSR count). The van der Waals surface area contributed by atoms with Crippen LogP contribution in [0.15, 0.2) is 12.4 Å². The van der Waals surface area contributed by atoms with Crippen LogP contribution in [0.1, 0.15) is 5.69 Å². The normalized spacial score (nSPS) is 11.6. The van der Waals surface area contributed by atoms with Crippen LogP contribution in [0.4, 0.5) is 13.2 Å². The van der Waals surface area contributed by atoms with E-state index in [1.165, 1.54) is 28.8 Å². The van der Waals surface area contributed by atoms with E-state index in [0.717, 1.165) is 6.20 Å². The van der Waals surface area contributed by atoms with Crippen molar-refractivity contribution in [3.05, 3.63) is 21.8 Å². The van der Waals surface area contributed by atoms with E-state index in [9.17, 15) is 13.2 Å². The predicted octanol–water partition coefficient (Wildman–Crippen LogP) is 2.10. The second kappa shape index (κ2) is 2.92. The summed E-state index contributed by atoms with van der Waals surface area (Å²) in [6.45, 7) is 0. The Morgan fingerprint density at radius 3 is 2.09 bits per heavy atom. The molecule has 60 valence electrons. The molecule has 0 aliphatic heterocycles. The molecule has 0 aliphatic carbocycles. The van der Waals surface area contributed by atoms with Crippen LogP contribution in [0.3, 0.4) is 0 Å². The number of aromatic nitrogens is 2. The molecule has 1 aromatic rings. The van der Waals surface area contributed by atoms with Crippen LogP contribution >= 0.6 is 22.6 Å². The monoisotopic (exact) mass is 274 g/mol. The van der Waals surface area contributed by atoms with Gasteiger partial charge in [0.2, 0.25) is 0 Å². The fraction of sp³-hybridized carbons (Fsp3) is 0.200. The van der Waals surface area contributed by atoms with Crippen molar-refractivity contribution < 1.29 is 13.2 Å². The van der Waals surface area contributed by atoms with Crippen LogP contribution in [0.2, 0.25) is 0 Å². The molecule has 2 nitrogen and oxygen atoms in total. The van der Waals surface area contributed by atoms with Crippen LogP contribution in [0.5, 0.6) is 0 Å². The van der Waals surface area contributed by atoms with Gasteiger partial charge in [-0.1, -0.05) is 0 Å². The third kappa shape index (κ3) is 2.01. The second-order valence-corrected chi connectivity index (χ2v) is 2.72. The highest BCUT2D eigenvalue weighted by atomic mass is 127. The quantitative estimate of drug-likeness (QED) is 0.677. The molecular formula is C5H2F3IN2. The second-order valence-electron chi connectivity index (χ2n) is 1.69. The molecule has 0 saturated heterocycles. The molecule has 1 heterocycles. The van der Waals surface area contributed by atoms with E-state index in [1.54, 1.807) is 0 Å². The highest BCUT2D eigenvalue weighted by Gasteiger charge is 2.35. The van der Waals surface area contributed by atoms with Crippen molar-refractivity contribution in [2.24, 2.45) is 0 Å². The van der Waals surface area contributed by atoms with Crippen molar-refractivity contribution >= 4 is 22.6 Å². The molecule has 0 aromatic carbocycles. The Kier molecular flexibility index (Phi) is 2.31. The summed E-state index contributed by atoms with van der Waals surface area (Å²) >= 11 is 1.49. The van der Waals surface area contributed by atoms with E-state index in [4.69, 9.17) is 0 Å². The van der Waals surface area contributed by atoms with Gasteiger partial charge in [0.05, 0.1) is 0 Å². The van der Waals surface area contributed by atoms with E-state index in [0.29, 0.717) is 0 Å². The zero-order valence-electron chi connectivity index (χ0n) is 5.06. The summed E-state index contributed by atoms with van der Waals surface area (Å²) in [4.78, 5) is 6.60. The number of halogens is 4. The van der Waals surface area contributed by atoms with Gasteiger partial charge in [0, 0.05) is 12.4 Å². The first-order valence-corrected chi connectivity index (χ1v) is 3.63. The lowest BCUT2D eigenvalue weighted by Crippen LogP contribution is -2.10. The van der Waals surface area contributed by atoms with E-state index >= 15 is 0 Å². The lowest BCUT2D eigenvalue weighted by molar-refractivity contribution is -0.142. The fourth-order valence-corrected chi connectivity index (χ4v) is 1.12. The zero-order chi connectivity index (χ0) is 8.48. The molecule has 0 bridgehead atoms. The summed E-state index contributed by atoms with van der Waals surface area (Å²) < 4.78 is 35.7. The average molecular weight is 274 g/mol. The zero-order valence-corrected chi connectivity index (χ0v) is 7.22. The molecule has 1 aromatic heterocycles. The number of alkyl halides is 3. The van der Waals surface area contributed by atoms with Gasteiger partial charge in [0.1, 0.15) is 3.70 Å². The fourth-order valence-electron chi connectivity index (χ4n) is 0.511. The lowest BCUT2D eigenvalue weighted by atomic mass is 10.4. The smallest absolute Gasteiger partial charge is 0.248 e. The Hall–Kier alpha value is -0.400. The highest BCUT2D eigenvalue weighted by molar-refractivity contribution is 14.1. The first kappa shape index (κ1) is 8.69. The van der Waals surface area contributed by atoms with Crippen molar-refractivity contribution in [1.82, 2.24) is 9.97 Å². The average Bonchev–Trinajstić information content (AvgIpc) is 1.86. The first-order valence-electron chi connectivity index (χ1n) is 2.55. The van der Waals surface area contributed by atoms with E-state index in [1.807, 2.05) is 0 Å². The molecule has 0 radical (unpaired) electrons. The molecule has 11 heavy (non-hydrogen) atoms. The van der Waals surface area contributed by atoms with Crippen molar-refractivity contribution in [3.63, 3.8) is 0 Å². The number of hydrogen-bond donors (Lipinski definition) is 0. The maximum absolute atomic E-state index is 11.9. The minimum atomic E-state index is -4.40. The minimum Gasteiger partial charge on any atom is -0.248 e. The van der Waals surface area contributed by atoms with Gasteiger partial charge in [-0.25, -0.2) is 9.97 Å². The Morgan fingerprint density at radius 1 is 1.18 bits per heavy atom. The molecule has 0 unspecified atom stereocenters. The molecule has 0 amide bonds. The van der Waals surface area contributed by atoms with Gasteiger partial charge < -0.3 is 0 Å². The van der Waals surface area contributed by atoms with Crippen LogP contribution in [-0.4, -0.2) is 9.97 Å².